The van der Waals surface area contributed by atoms with E-state index < -0.39 is 5.41 Å². The van der Waals surface area contributed by atoms with Gasteiger partial charge in [-0.2, -0.15) is 0 Å². The number of halogens is 5. The van der Waals surface area contributed by atoms with Gasteiger partial charge in [-0.15, -0.1) is 23.2 Å². The van der Waals surface area contributed by atoms with Crippen LogP contribution >= 0.6 is 39.1 Å². The molecular weight excluding hydrogens is 381 g/mol. The van der Waals surface area contributed by atoms with Gasteiger partial charge in [0.2, 0.25) is 0 Å². The van der Waals surface area contributed by atoms with Crippen LogP contribution in [0.5, 0.6) is 0 Å². The van der Waals surface area contributed by atoms with Crippen molar-refractivity contribution < 1.29 is 8.78 Å². The van der Waals surface area contributed by atoms with Gasteiger partial charge < -0.3 is 0 Å². The molecule has 0 heterocycles. The predicted molar refractivity (Wildman–Crippen MR) is 87.3 cm³/mol. The fourth-order valence-corrected chi connectivity index (χ4v) is 3.48. The first-order valence-corrected chi connectivity index (χ1v) is 8.20. The summed E-state index contributed by atoms with van der Waals surface area (Å²) >= 11 is 15.5. The van der Waals surface area contributed by atoms with E-state index in [0.29, 0.717) is 22.0 Å². The normalized spacial score (nSPS) is 11.7. The van der Waals surface area contributed by atoms with Gasteiger partial charge in [-0.1, -0.05) is 30.3 Å². The van der Waals surface area contributed by atoms with Crippen LogP contribution in [0.15, 0.2) is 46.9 Å². The van der Waals surface area contributed by atoms with Gasteiger partial charge in [0.25, 0.3) is 0 Å². The lowest BCUT2D eigenvalue weighted by molar-refractivity contribution is 0.488. The standard InChI is InChI=1S/C16H13BrCl2F2/c17-15-11(4-3-7-14(15)21)8-16(9-18,10-19)12-5-1-2-6-13(12)20/h1-7H,8-10H2. The Morgan fingerprint density at radius 2 is 1.52 bits per heavy atom. The molecular formula is C16H13BrCl2F2. The van der Waals surface area contributed by atoms with Gasteiger partial charge in [0.05, 0.1) is 4.47 Å². The third kappa shape index (κ3) is 3.41. The van der Waals surface area contributed by atoms with E-state index in [1.807, 2.05) is 0 Å². The molecule has 2 rings (SSSR count). The van der Waals surface area contributed by atoms with E-state index in [-0.39, 0.29) is 23.4 Å². The first kappa shape index (κ1) is 16.7. The molecule has 0 fully saturated rings. The minimum atomic E-state index is -0.787. The molecule has 5 heteroatoms. The van der Waals surface area contributed by atoms with Crippen LogP contribution in [0.4, 0.5) is 8.78 Å². The van der Waals surface area contributed by atoms with E-state index in [1.54, 1.807) is 30.3 Å². The van der Waals surface area contributed by atoms with Crippen molar-refractivity contribution in [3.05, 3.63) is 69.7 Å². The summed E-state index contributed by atoms with van der Waals surface area (Å²) in [6.45, 7) is 0. The SMILES string of the molecule is Fc1ccccc1C(CCl)(CCl)Cc1cccc(F)c1Br. The minimum absolute atomic E-state index is 0.139. The monoisotopic (exact) mass is 392 g/mol. The van der Waals surface area contributed by atoms with Crippen molar-refractivity contribution in [2.75, 3.05) is 11.8 Å². The molecule has 0 amide bonds. The zero-order valence-electron chi connectivity index (χ0n) is 11.1. The highest BCUT2D eigenvalue weighted by molar-refractivity contribution is 9.10. The molecule has 112 valence electrons. The van der Waals surface area contributed by atoms with Gasteiger partial charge >= 0.3 is 0 Å². The Morgan fingerprint density at radius 3 is 2.14 bits per heavy atom. The number of rotatable bonds is 5. The average molecular weight is 394 g/mol. The highest BCUT2D eigenvalue weighted by Gasteiger charge is 2.34. The lowest BCUT2D eigenvalue weighted by Crippen LogP contribution is -2.34. The van der Waals surface area contributed by atoms with E-state index in [9.17, 15) is 8.78 Å². The molecule has 0 saturated carbocycles. The predicted octanol–water partition coefficient (Wildman–Crippen LogP) is 5.69. The Bertz CT molecular complexity index is 627. The Labute approximate surface area is 141 Å². The van der Waals surface area contributed by atoms with Crippen molar-refractivity contribution in [1.29, 1.82) is 0 Å². The molecule has 2 aromatic rings. The molecule has 0 spiro atoms. The van der Waals surface area contributed by atoms with E-state index in [2.05, 4.69) is 15.9 Å². The summed E-state index contributed by atoms with van der Waals surface area (Å²) in [6.07, 6.45) is 0.347. The third-order valence-corrected chi connectivity index (χ3v) is 5.43. The summed E-state index contributed by atoms with van der Waals surface area (Å²) in [5, 5.41) is 0. The van der Waals surface area contributed by atoms with Crippen molar-refractivity contribution >= 4 is 39.1 Å². The number of hydrogen-bond donors (Lipinski definition) is 0. The molecule has 0 radical (unpaired) electrons. The largest absolute Gasteiger partial charge is 0.207 e. The van der Waals surface area contributed by atoms with Gasteiger partial charge in [-0.25, -0.2) is 8.78 Å². The Hall–Kier alpha value is -0.640. The zero-order valence-corrected chi connectivity index (χ0v) is 14.2. The lowest BCUT2D eigenvalue weighted by Gasteiger charge is -2.31. The highest BCUT2D eigenvalue weighted by atomic mass is 79.9. The van der Waals surface area contributed by atoms with Gasteiger partial charge in [0.1, 0.15) is 11.6 Å². The summed E-state index contributed by atoms with van der Waals surface area (Å²) in [7, 11) is 0. The van der Waals surface area contributed by atoms with E-state index in [4.69, 9.17) is 23.2 Å². The molecule has 0 nitrogen and oxygen atoms in total. The van der Waals surface area contributed by atoms with Crippen molar-refractivity contribution in [3.63, 3.8) is 0 Å². The van der Waals surface area contributed by atoms with E-state index in [0.717, 1.165) is 0 Å². The Kier molecular flexibility index (Phi) is 5.64. The summed E-state index contributed by atoms with van der Waals surface area (Å²) in [6, 6.07) is 11.2. The molecule has 0 atom stereocenters. The van der Waals surface area contributed by atoms with Crippen LogP contribution in [-0.4, -0.2) is 11.8 Å². The number of hydrogen-bond acceptors (Lipinski definition) is 0. The van der Waals surface area contributed by atoms with E-state index >= 15 is 0 Å². The maximum absolute atomic E-state index is 14.1. The molecule has 0 aromatic heterocycles. The number of benzene rings is 2. The van der Waals surface area contributed by atoms with Crippen LogP contribution < -0.4 is 0 Å². The van der Waals surface area contributed by atoms with Crippen LogP contribution in [0.1, 0.15) is 11.1 Å². The Balaban J connectivity index is 2.49. The van der Waals surface area contributed by atoms with Gasteiger partial charge in [-0.3, -0.25) is 0 Å². The summed E-state index contributed by atoms with van der Waals surface area (Å²) in [4.78, 5) is 0. The second-order valence-electron chi connectivity index (χ2n) is 4.92. The Morgan fingerprint density at radius 1 is 0.905 bits per heavy atom. The molecule has 0 aliphatic carbocycles. The molecule has 2 aromatic carbocycles. The molecule has 0 saturated heterocycles. The summed E-state index contributed by atoms with van der Waals surface area (Å²) < 4.78 is 28.2. The van der Waals surface area contributed by atoms with Crippen molar-refractivity contribution in [2.45, 2.75) is 11.8 Å². The second-order valence-corrected chi connectivity index (χ2v) is 6.24. The maximum atomic E-state index is 14.1. The first-order valence-electron chi connectivity index (χ1n) is 6.34. The van der Waals surface area contributed by atoms with Crippen LogP contribution in [0.3, 0.4) is 0 Å². The van der Waals surface area contributed by atoms with Crippen molar-refractivity contribution in [3.8, 4) is 0 Å². The molecule has 0 unspecified atom stereocenters. The fraction of sp³-hybridized carbons (Fsp3) is 0.250. The van der Waals surface area contributed by atoms with Crippen LogP contribution in [-0.2, 0) is 11.8 Å². The van der Waals surface area contributed by atoms with E-state index in [1.165, 1.54) is 12.1 Å². The zero-order chi connectivity index (χ0) is 15.5. The smallest absolute Gasteiger partial charge is 0.137 e. The molecule has 0 bridgehead atoms. The van der Waals surface area contributed by atoms with Crippen LogP contribution in [0.2, 0.25) is 0 Å². The topological polar surface area (TPSA) is 0 Å². The average Bonchev–Trinajstić information content (AvgIpc) is 2.50. The van der Waals surface area contributed by atoms with Crippen LogP contribution in [0, 0.1) is 11.6 Å². The van der Waals surface area contributed by atoms with Gasteiger partial charge in [-0.05, 0) is 45.6 Å². The molecule has 0 aliphatic rings. The number of alkyl halides is 2. The molecule has 21 heavy (non-hydrogen) atoms. The van der Waals surface area contributed by atoms with Gasteiger partial charge in [0.15, 0.2) is 0 Å². The quantitative estimate of drug-likeness (QED) is 0.572. The second kappa shape index (κ2) is 7.08. The molecule has 0 aliphatic heterocycles. The maximum Gasteiger partial charge on any atom is 0.137 e. The van der Waals surface area contributed by atoms with Crippen molar-refractivity contribution in [1.82, 2.24) is 0 Å². The first-order chi connectivity index (χ1) is 10.0. The van der Waals surface area contributed by atoms with Crippen molar-refractivity contribution in [2.24, 2.45) is 0 Å². The minimum Gasteiger partial charge on any atom is -0.207 e. The summed E-state index contributed by atoms with van der Waals surface area (Å²) in [5.74, 6) is -0.439. The van der Waals surface area contributed by atoms with Crippen LogP contribution in [0.25, 0.3) is 0 Å². The lowest BCUT2D eigenvalue weighted by atomic mass is 9.78. The summed E-state index contributed by atoms with van der Waals surface area (Å²) in [5.41, 5.74) is 0.371. The van der Waals surface area contributed by atoms with Gasteiger partial charge in [0, 0.05) is 17.2 Å². The highest BCUT2D eigenvalue weighted by Crippen LogP contribution is 2.35. The third-order valence-electron chi connectivity index (χ3n) is 3.52. The molecule has 0 N–H and O–H groups in total. The fourth-order valence-electron chi connectivity index (χ4n) is 2.31.